The van der Waals surface area contributed by atoms with Crippen LogP contribution in [0, 0.1) is 11.8 Å². The Morgan fingerprint density at radius 1 is 1.05 bits per heavy atom. The number of fused-ring (bicyclic) bond motifs is 1. The predicted molar refractivity (Wildman–Crippen MR) is 178 cm³/mol. The highest BCUT2D eigenvalue weighted by molar-refractivity contribution is 7.93. The number of allylic oxidation sites excluding steroid dienone is 2. The van der Waals surface area contributed by atoms with Crippen LogP contribution in [0.1, 0.15) is 96.1 Å². The zero-order valence-corrected chi connectivity index (χ0v) is 27.5. The number of nitrogens with one attached hydrogen (secondary N) is 1. The lowest BCUT2D eigenvalue weighted by Crippen LogP contribution is -2.38. The van der Waals surface area contributed by atoms with Crippen molar-refractivity contribution < 1.29 is 13.2 Å². The van der Waals surface area contributed by atoms with Gasteiger partial charge in [0.15, 0.2) is 0 Å². The first-order chi connectivity index (χ1) is 20.8. The van der Waals surface area contributed by atoms with Crippen molar-refractivity contribution in [2.45, 2.75) is 110 Å². The second kappa shape index (κ2) is 16.7. The van der Waals surface area contributed by atoms with Gasteiger partial charge in [0.2, 0.25) is 15.9 Å². The zero-order chi connectivity index (χ0) is 30.7. The van der Waals surface area contributed by atoms with Gasteiger partial charge < -0.3 is 4.90 Å². The number of hydrogen-bond acceptors (Lipinski definition) is 5. The molecule has 1 aromatic rings. The summed E-state index contributed by atoms with van der Waals surface area (Å²) in [7, 11) is -3.55. The molecule has 43 heavy (non-hydrogen) atoms. The smallest absolute Gasteiger partial charge is 0.236 e. The molecule has 7 nitrogen and oxygen atoms in total. The Balaban J connectivity index is 1.22. The fraction of sp³-hybridized carbons (Fsp3) is 0.657. The van der Waals surface area contributed by atoms with Crippen molar-refractivity contribution in [1.82, 2.24) is 14.5 Å². The molecule has 1 aromatic carbocycles. The topological polar surface area (TPSA) is 82.1 Å². The molecule has 8 heteroatoms. The maximum atomic E-state index is 13.6. The summed E-state index contributed by atoms with van der Waals surface area (Å²) < 4.78 is 29.4. The average molecular weight is 611 g/mol. The molecule has 0 saturated carbocycles. The second-order valence-electron chi connectivity index (χ2n) is 12.7. The molecule has 238 valence electrons. The van der Waals surface area contributed by atoms with Gasteiger partial charge in [0.1, 0.15) is 0 Å². The third-order valence-corrected chi connectivity index (χ3v) is 11.2. The summed E-state index contributed by atoms with van der Waals surface area (Å²) >= 11 is 0. The molecule has 2 heterocycles. The summed E-state index contributed by atoms with van der Waals surface area (Å²) in [5.74, 6) is 0.589. The predicted octanol–water partition coefficient (Wildman–Crippen LogP) is 6.26. The average Bonchev–Trinajstić information content (AvgIpc) is 3.15. The molecule has 1 N–H and O–H groups in total. The number of hydrogen-bond donors (Lipinski definition) is 1. The van der Waals surface area contributed by atoms with Crippen LogP contribution in [-0.2, 0) is 27.8 Å². The third-order valence-electron chi connectivity index (χ3n) is 9.49. The lowest BCUT2D eigenvalue weighted by atomic mass is 9.93. The number of nitrogens with zero attached hydrogens (tertiary/aromatic N) is 3. The van der Waals surface area contributed by atoms with Gasteiger partial charge in [-0.1, -0.05) is 56.7 Å². The Morgan fingerprint density at radius 3 is 2.58 bits per heavy atom. The number of amides is 1. The minimum Gasteiger partial charge on any atom is -0.342 e. The largest absolute Gasteiger partial charge is 0.342 e. The van der Waals surface area contributed by atoms with Gasteiger partial charge in [-0.05, 0) is 88.5 Å². The molecule has 0 bridgehead atoms. The van der Waals surface area contributed by atoms with Crippen molar-refractivity contribution in [2.24, 2.45) is 16.8 Å². The Kier molecular flexibility index (Phi) is 13.0. The van der Waals surface area contributed by atoms with E-state index >= 15 is 0 Å². The minimum absolute atomic E-state index is 0.00388. The van der Waals surface area contributed by atoms with Gasteiger partial charge in [0, 0.05) is 56.7 Å². The number of carbonyl (C=O) groups excluding carboxylic acids is 1. The number of dihydropyridines is 1. The van der Waals surface area contributed by atoms with E-state index in [0.717, 1.165) is 96.9 Å². The molecule has 0 spiro atoms. The Hall–Kier alpha value is -2.29. The number of aryl methyl sites for hydroxylation is 1. The molecule has 1 saturated heterocycles. The zero-order valence-electron chi connectivity index (χ0n) is 26.7. The molecule has 1 fully saturated rings. The Morgan fingerprint density at radius 2 is 1.79 bits per heavy atom. The van der Waals surface area contributed by atoms with Crippen LogP contribution in [0.2, 0.25) is 0 Å². The van der Waals surface area contributed by atoms with Crippen LogP contribution in [0.3, 0.4) is 0 Å². The fourth-order valence-corrected chi connectivity index (χ4v) is 8.41. The lowest BCUT2D eigenvalue weighted by Gasteiger charge is -2.27. The lowest BCUT2D eigenvalue weighted by molar-refractivity contribution is -0.136. The minimum atomic E-state index is -3.55. The molecule has 4 rings (SSSR count). The number of benzene rings is 1. The van der Waals surface area contributed by atoms with Crippen molar-refractivity contribution in [3.8, 4) is 0 Å². The molecule has 0 aromatic heterocycles. The molecular formula is C35H54N4O3S. The van der Waals surface area contributed by atoms with Crippen molar-refractivity contribution in [3.63, 3.8) is 0 Å². The standard InChI is InChI=1S/C35H54N4O3S/c1-4-29-15-6-7-16-32(29)27-38-22-8-9-24-39(25-13-23-38)35(40)30(5-2)17-10-14-28(3)37-43(41,42)33-20-11-18-31-19-12-21-36-34(31)26-33/h6-7,12,15-16,19-21,28,30-31,34,37H,4-5,8-11,13-14,17-18,22-27H2,1-3H3. The first-order valence-electron chi connectivity index (χ1n) is 16.8. The second-order valence-corrected chi connectivity index (χ2v) is 14.5. The maximum absolute atomic E-state index is 13.6. The monoisotopic (exact) mass is 610 g/mol. The number of aliphatic imine (C=N–C) groups is 1. The maximum Gasteiger partial charge on any atom is 0.236 e. The van der Waals surface area contributed by atoms with Crippen LogP contribution in [0.5, 0.6) is 0 Å². The molecule has 1 amide bonds. The van der Waals surface area contributed by atoms with E-state index in [1.807, 2.05) is 19.1 Å². The summed E-state index contributed by atoms with van der Waals surface area (Å²) in [6, 6.07) is 8.59. The first-order valence-corrected chi connectivity index (χ1v) is 18.3. The normalized spacial score (nSPS) is 23.3. The molecule has 4 unspecified atom stereocenters. The Bertz CT molecular complexity index is 1240. The highest BCUT2D eigenvalue weighted by Crippen LogP contribution is 2.31. The third kappa shape index (κ3) is 9.85. The summed E-state index contributed by atoms with van der Waals surface area (Å²) in [6.45, 7) is 11.0. The van der Waals surface area contributed by atoms with E-state index in [-0.39, 0.29) is 23.9 Å². The van der Waals surface area contributed by atoms with Gasteiger partial charge in [0.05, 0.1) is 10.9 Å². The van der Waals surface area contributed by atoms with Crippen LogP contribution in [0.25, 0.3) is 0 Å². The fourth-order valence-electron chi connectivity index (χ4n) is 6.88. The van der Waals surface area contributed by atoms with Crippen molar-refractivity contribution in [3.05, 3.63) is 58.5 Å². The van der Waals surface area contributed by atoms with Crippen LogP contribution in [-0.4, -0.2) is 68.6 Å². The molecule has 4 atom stereocenters. The van der Waals surface area contributed by atoms with Gasteiger partial charge in [-0.2, -0.15) is 0 Å². The van der Waals surface area contributed by atoms with E-state index in [4.69, 9.17) is 0 Å². The summed E-state index contributed by atoms with van der Waals surface area (Å²) in [6.07, 6.45) is 17.3. The van der Waals surface area contributed by atoms with Gasteiger partial charge in [-0.15, -0.1) is 0 Å². The molecule has 1 aliphatic carbocycles. The quantitative estimate of drug-likeness (QED) is 0.303. The summed E-state index contributed by atoms with van der Waals surface area (Å²) in [4.78, 5) is 23.3. The van der Waals surface area contributed by atoms with Crippen LogP contribution < -0.4 is 4.72 Å². The number of carbonyl (C=O) groups is 1. The van der Waals surface area contributed by atoms with Gasteiger partial charge in [-0.25, -0.2) is 13.1 Å². The van der Waals surface area contributed by atoms with E-state index in [0.29, 0.717) is 17.2 Å². The number of sulfonamides is 1. The van der Waals surface area contributed by atoms with Gasteiger partial charge >= 0.3 is 0 Å². The highest BCUT2D eigenvalue weighted by Gasteiger charge is 2.30. The van der Waals surface area contributed by atoms with E-state index < -0.39 is 10.0 Å². The summed E-state index contributed by atoms with van der Waals surface area (Å²) in [5.41, 5.74) is 2.86. The van der Waals surface area contributed by atoms with E-state index in [9.17, 15) is 13.2 Å². The summed E-state index contributed by atoms with van der Waals surface area (Å²) in [5, 5.41) is 0. The first kappa shape index (κ1) is 33.6. The van der Waals surface area contributed by atoms with Crippen LogP contribution in [0.15, 0.2) is 52.4 Å². The van der Waals surface area contributed by atoms with Crippen LogP contribution >= 0.6 is 0 Å². The van der Waals surface area contributed by atoms with Gasteiger partial charge in [0.25, 0.3) is 0 Å². The van der Waals surface area contributed by atoms with E-state index in [1.54, 1.807) is 6.21 Å². The SMILES string of the molecule is CCc1ccccc1CN1CCCCN(C(=O)C(CC)CCCC(C)NS(=O)(=O)C2=CCCC3C=CC=NC3C2)CCC1. The van der Waals surface area contributed by atoms with Crippen molar-refractivity contribution in [1.29, 1.82) is 0 Å². The molecule has 2 aliphatic heterocycles. The molecular weight excluding hydrogens is 556 g/mol. The van der Waals surface area contributed by atoms with E-state index in [2.05, 4.69) is 63.7 Å². The molecule has 3 aliphatic rings. The number of rotatable bonds is 12. The van der Waals surface area contributed by atoms with E-state index in [1.165, 1.54) is 11.1 Å². The van der Waals surface area contributed by atoms with Crippen LogP contribution in [0.4, 0.5) is 0 Å². The Labute approximate surface area is 261 Å². The highest BCUT2D eigenvalue weighted by atomic mass is 32.2. The van der Waals surface area contributed by atoms with Crippen molar-refractivity contribution >= 4 is 22.1 Å². The molecule has 0 radical (unpaired) electrons. The van der Waals surface area contributed by atoms with Crippen molar-refractivity contribution in [2.75, 3.05) is 26.2 Å². The van der Waals surface area contributed by atoms with Gasteiger partial charge in [-0.3, -0.25) is 14.7 Å².